The Labute approximate surface area is 147 Å². The highest BCUT2D eigenvalue weighted by Gasteiger charge is 2.32. The molecule has 0 aliphatic carbocycles. The summed E-state index contributed by atoms with van der Waals surface area (Å²) in [6.07, 6.45) is 2.84. The zero-order valence-corrected chi connectivity index (χ0v) is 16.5. The molecule has 1 heterocycles. The van der Waals surface area contributed by atoms with Crippen molar-refractivity contribution in [2.24, 2.45) is 10.7 Å². The Balaban J connectivity index is 0.00000400. The molecule has 0 amide bonds. The quantitative estimate of drug-likeness (QED) is 0.304. The summed E-state index contributed by atoms with van der Waals surface area (Å²) in [5.41, 5.74) is 5.90. The summed E-state index contributed by atoms with van der Waals surface area (Å²) in [6.45, 7) is 14.4. The normalized spacial score (nSPS) is 24.5. The summed E-state index contributed by atoms with van der Waals surface area (Å²) in [6, 6.07) is 0. The largest absolute Gasteiger partial charge is 0.373 e. The molecule has 1 aliphatic heterocycles. The number of aliphatic imine (C=N–C) groups is 1. The van der Waals surface area contributed by atoms with Gasteiger partial charge in [0.25, 0.3) is 0 Å². The molecule has 1 fully saturated rings. The van der Waals surface area contributed by atoms with Crippen LogP contribution in [0.15, 0.2) is 4.99 Å². The Hall–Kier alpha value is -0.0800. The van der Waals surface area contributed by atoms with E-state index in [1.165, 1.54) is 0 Å². The molecule has 0 aromatic heterocycles. The summed E-state index contributed by atoms with van der Waals surface area (Å²) in [7, 11) is 0. The van der Waals surface area contributed by atoms with Crippen molar-refractivity contribution in [3.8, 4) is 0 Å². The lowest BCUT2D eigenvalue weighted by Gasteiger charge is -2.44. The van der Waals surface area contributed by atoms with Gasteiger partial charge in [0, 0.05) is 25.2 Å². The molecule has 0 aromatic carbocycles. The Kier molecular flexibility index (Phi) is 9.80. The summed E-state index contributed by atoms with van der Waals surface area (Å²) in [5, 5.41) is 3.16. The van der Waals surface area contributed by atoms with Crippen LogP contribution in [0.3, 0.4) is 0 Å². The van der Waals surface area contributed by atoms with Crippen LogP contribution in [0.2, 0.25) is 0 Å². The maximum absolute atomic E-state index is 5.90. The summed E-state index contributed by atoms with van der Waals surface area (Å²) < 4.78 is 5.79. The van der Waals surface area contributed by atoms with Crippen LogP contribution < -0.4 is 11.1 Å². The average Bonchev–Trinajstić information content (AvgIpc) is 2.36. The topological polar surface area (TPSA) is 62.9 Å². The number of morpholine rings is 1. The van der Waals surface area contributed by atoms with Gasteiger partial charge in [0.1, 0.15) is 0 Å². The zero-order valence-electron chi connectivity index (χ0n) is 14.2. The van der Waals surface area contributed by atoms with Crippen LogP contribution in [0.25, 0.3) is 0 Å². The van der Waals surface area contributed by atoms with Crippen LogP contribution in [-0.2, 0) is 4.74 Å². The van der Waals surface area contributed by atoms with Gasteiger partial charge in [0.2, 0.25) is 0 Å². The molecule has 0 aromatic rings. The van der Waals surface area contributed by atoms with Crippen LogP contribution in [-0.4, -0.2) is 54.8 Å². The summed E-state index contributed by atoms with van der Waals surface area (Å²) in [5.74, 6) is 0.556. The summed E-state index contributed by atoms with van der Waals surface area (Å²) in [4.78, 5) is 6.95. The number of nitrogens with two attached hydrogens (primary N) is 1. The fraction of sp³-hybridized carbons (Fsp3) is 0.933. The number of unbranched alkanes of at least 4 members (excludes halogenated alkanes) is 1. The van der Waals surface area contributed by atoms with Gasteiger partial charge in [-0.15, -0.1) is 24.0 Å². The van der Waals surface area contributed by atoms with E-state index >= 15 is 0 Å². The van der Waals surface area contributed by atoms with Crippen LogP contribution in [0.1, 0.15) is 47.5 Å². The Morgan fingerprint density at radius 1 is 1.33 bits per heavy atom. The Morgan fingerprint density at radius 3 is 2.43 bits per heavy atom. The molecule has 0 bridgehead atoms. The molecule has 1 saturated heterocycles. The van der Waals surface area contributed by atoms with Crippen LogP contribution in [0, 0.1) is 0 Å². The highest BCUT2D eigenvalue weighted by atomic mass is 127. The molecule has 21 heavy (non-hydrogen) atoms. The predicted octanol–water partition coefficient (Wildman–Crippen LogP) is 2.20. The molecule has 2 atom stereocenters. The van der Waals surface area contributed by atoms with Crippen molar-refractivity contribution in [2.45, 2.75) is 65.2 Å². The second-order valence-electron chi connectivity index (χ2n) is 6.46. The molecule has 2 unspecified atom stereocenters. The number of halogens is 1. The van der Waals surface area contributed by atoms with E-state index in [1.54, 1.807) is 0 Å². The van der Waals surface area contributed by atoms with E-state index in [4.69, 9.17) is 10.5 Å². The zero-order chi connectivity index (χ0) is 15.2. The van der Waals surface area contributed by atoms with E-state index in [9.17, 15) is 0 Å². The van der Waals surface area contributed by atoms with Crippen molar-refractivity contribution >= 4 is 29.9 Å². The standard InChI is InChI=1S/C15H32N4O.HI/c1-6-7-8-17-14(16)18-11-15(4,5)19-9-12(2)20-13(3)10-19;/h12-13H,6-11H2,1-5H3,(H3,16,17,18);1H. The number of rotatable bonds is 6. The lowest BCUT2D eigenvalue weighted by molar-refractivity contribution is -0.0939. The molecule has 0 radical (unpaired) electrons. The smallest absolute Gasteiger partial charge is 0.188 e. The first-order valence-electron chi connectivity index (χ1n) is 7.79. The number of nitrogens with one attached hydrogen (secondary N) is 1. The van der Waals surface area contributed by atoms with E-state index in [-0.39, 0.29) is 41.7 Å². The Morgan fingerprint density at radius 2 is 1.90 bits per heavy atom. The highest BCUT2D eigenvalue weighted by Crippen LogP contribution is 2.21. The number of ether oxygens (including phenoxy) is 1. The third-order valence-corrected chi connectivity index (χ3v) is 3.75. The average molecular weight is 412 g/mol. The van der Waals surface area contributed by atoms with Gasteiger partial charge in [-0.05, 0) is 34.1 Å². The number of hydrogen-bond acceptors (Lipinski definition) is 3. The fourth-order valence-electron chi connectivity index (χ4n) is 2.50. The van der Waals surface area contributed by atoms with Gasteiger partial charge in [-0.2, -0.15) is 0 Å². The molecular weight excluding hydrogens is 379 g/mol. The SMILES string of the molecule is CCCCNC(N)=NCC(C)(C)N1CC(C)OC(C)C1.I. The second kappa shape index (κ2) is 9.84. The second-order valence-corrected chi connectivity index (χ2v) is 6.46. The fourth-order valence-corrected chi connectivity index (χ4v) is 2.50. The maximum Gasteiger partial charge on any atom is 0.188 e. The molecule has 0 saturated carbocycles. The molecule has 5 nitrogen and oxygen atoms in total. The van der Waals surface area contributed by atoms with Crippen LogP contribution in [0.4, 0.5) is 0 Å². The first kappa shape index (κ1) is 20.9. The van der Waals surface area contributed by atoms with Crippen molar-refractivity contribution in [1.29, 1.82) is 0 Å². The van der Waals surface area contributed by atoms with Gasteiger partial charge in [-0.1, -0.05) is 13.3 Å². The third-order valence-electron chi connectivity index (χ3n) is 3.75. The first-order chi connectivity index (χ1) is 9.35. The van der Waals surface area contributed by atoms with Gasteiger partial charge in [0.15, 0.2) is 5.96 Å². The van der Waals surface area contributed by atoms with Crippen LogP contribution >= 0.6 is 24.0 Å². The molecule has 6 heteroatoms. The van der Waals surface area contributed by atoms with Crippen molar-refractivity contribution in [1.82, 2.24) is 10.2 Å². The van der Waals surface area contributed by atoms with E-state index in [1.807, 2.05) is 0 Å². The minimum atomic E-state index is 0. The monoisotopic (exact) mass is 412 g/mol. The first-order valence-corrected chi connectivity index (χ1v) is 7.79. The van der Waals surface area contributed by atoms with Crippen molar-refractivity contribution in [2.75, 3.05) is 26.2 Å². The van der Waals surface area contributed by atoms with Gasteiger partial charge < -0.3 is 15.8 Å². The lowest BCUT2D eigenvalue weighted by Crippen LogP contribution is -2.56. The van der Waals surface area contributed by atoms with Gasteiger partial charge in [-0.25, -0.2) is 0 Å². The maximum atomic E-state index is 5.90. The van der Waals surface area contributed by atoms with E-state index in [0.717, 1.165) is 32.5 Å². The molecular formula is C15H33IN4O. The lowest BCUT2D eigenvalue weighted by atomic mass is 10.0. The molecule has 1 aliphatic rings. The van der Waals surface area contributed by atoms with Gasteiger partial charge in [-0.3, -0.25) is 9.89 Å². The predicted molar refractivity (Wildman–Crippen MR) is 100 cm³/mol. The van der Waals surface area contributed by atoms with E-state index < -0.39 is 0 Å². The summed E-state index contributed by atoms with van der Waals surface area (Å²) >= 11 is 0. The number of guanidine groups is 1. The van der Waals surface area contributed by atoms with Gasteiger partial charge >= 0.3 is 0 Å². The van der Waals surface area contributed by atoms with E-state index in [0.29, 0.717) is 12.5 Å². The molecule has 126 valence electrons. The Bertz CT molecular complexity index is 313. The molecule has 3 N–H and O–H groups in total. The minimum Gasteiger partial charge on any atom is -0.373 e. The third kappa shape index (κ3) is 7.65. The van der Waals surface area contributed by atoms with E-state index in [2.05, 4.69) is 49.8 Å². The molecule has 0 spiro atoms. The van der Waals surface area contributed by atoms with Gasteiger partial charge in [0.05, 0.1) is 18.8 Å². The number of hydrogen-bond donors (Lipinski definition) is 2. The van der Waals surface area contributed by atoms with Crippen molar-refractivity contribution in [3.63, 3.8) is 0 Å². The molecule has 1 rings (SSSR count). The van der Waals surface area contributed by atoms with Crippen molar-refractivity contribution in [3.05, 3.63) is 0 Å². The minimum absolute atomic E-state index is 0. The number of nitrogens with zero attached hydrogens (tertiary/aromatic N) is 2. The highest BCUT2D eigenvalue weighted by molar-refractivity contribution is 14.0. The van der Waals surface area contributed by atoms with Crippen molar-refractivity contribution < 1.29 is 4.74 Å². The van der Waals surface area contributed by atoms with Crippen LogP contribution in [0.5, 0.6) is 0 Å².